The van der Waals surface area contributed by atoms with Crippen molar-refractivity contribution in [3.63, 3.8) is 0 Å². The van der Waals surface area contributed by atoms with Crippen molar-refractivity contribution in [1.29, 1.82) is 0 Å². The van der Waals surface area contributed by atoms with Crippen LogP contribution in [-0.4, -0.2) is 25.4 Å². The summed E-state index contributed by atoms with van der Waals surface area (Å²) >= 11 is 0. The van der Waals surface area contributed by atoms with E-state index < -0.39 is 0 Å². The number of ether oxygens (including phenoxy) is 2. The molecule has 92 valence electrons. The lowest BCUT2D eigenvalue weighted by molar-refractivity contribution is -0.111. The van der Waals surface area contributed by atoms with Crippen molar-refractivity contribution in [1.82, 2.24) is 0 Å². The zero-order chi connectivity index (χ0) is 11.2. The van der Waals surface area contributed by atoms with Gasteiger partial charge in [-0.1, -0.05) is 13.8 Å². The van der Waals surface area contributed by atoms with Crippen LogP contribution in [0.5, 0.6) is 0 Å². The molecule has 0 radical (unpaired) electrons. The van der Waals surface area contributed by atoms with E-state index in [0.29, 0.717) is 23.5 Å². The molecule has 1 aliphatic carbocycles. The number of rotatable bonds is 0. The Morgan fingerprint density at radius 1 is 1.06 bits per heavy atom. The van der Waals surface area contributed by atoms with E-state index >= 15 is 0 Å². The van der Waals surface area contributed by atoms with Gasteiger partial charge in [0.2, 0.25) is 0 Å². The molecule has 2 aliphatic heterocycles. The Hall–Kier alpha value is -0.0800. The Balaban J connectivity index is 1.86. The van der Waals surface area contributed by atoms with Gasteiger partial charge in [-0.25, -0.2) is 0 Å². The van der Waals surface area contributed by atoms with Crippen LogP contribution in [0.25, 0.3) is 0 Å². The van der Waals surface area contributed by atoms with Crippen LogP contribution in [0.2, 0.25) is 0 Å². The zero-order valence-corrected chi connectivity index (χ0v) is 10.6. The van der Waals surface area contributed by atoms with Gasteiger partial charge in [-0.05, 0) is 49.4 Å². The maximum absolute atomic E-state index is 6.05. The summed E-state index contributed by atoms with van der Waals surface area (Å²) in [5, 5.41) is 0. The lowest BCUT2D eigenvalue weighted by atomic mass is 9.65. The number of hydrogen-bond donors (Lipinski definition) is 0. The number of fused-ring (bicyclic) bond motifs is 3. The van der Waals surface area contributed by atoms with Crippen molar-refractivity contribution in [2.24, 2.45) is 17.3 Å². The number of hydrogen-bond acceptors (Lipinski definition) is 2. The molecular weight excluding hydrogens is 200 g/mol. The molecule has 2 nitrogen and oxygen atoms in total. The highest BCUT2D eigenvalue weighted by atomic mass is 16.5. The Bertz CT molecular complexity index is 261. The van der Waals surface area contributed by atoms with Crippen LogP contribution >= 0.6 is 0 Å². The highest BCUT2D eigenvalue weighted by Gasteiger charge is 2.48. The van der Waals surface area contributed by atoms with Gasteiger partial charge >= 0.3 is 0 Å². The summed E-state index contributed by atoms with van der Waals surface area (Å²) in [4.78, 5) is 0. The second-order valence-corrected chi connectivity index (χ2v) is 6.48. The molecule has 2 saturated heterocycles. The van der Waals surface area contributed by atoms with Crippen molar-refractivity contribution < 1.29 is 9.47 Å². The van der Waals surface area contributed by atoms with Gasteiger partial charge in [0.25, 0.3) is 0 Å². The third-order valence-electron chi connectivity index (χ3n) is 5.17. The minimum Gasteiger partial charge on any atom is -0.378 e. The summed E-state index contributed by atoms with van der Waals surface area (Å²) < 4.78 is 12.1. The van der Waals surface area contributed by atoms with Crippen molar-refractivity contribution in [3.8, 4) is 0 Å². The minimum absolute atomic E-state index is 0.306. The first-order valence-corrected chi connectivity index (χ1v) is 6.91. The Morgan fingerprint density at radius 3 is 2.81 bits per heavy atom. The smallest absolute Gasteiger partial charge is 0.0633 e. The van der Waals surface area contributed by atoms with Gasteiger partial charge in [0.1, 0.15) is 0 Å². The molecule has 3 aliphatic rings. The molecule has 0 N–H and O–H groups in total. The molecule has 1 saturated carbocycles. The maximum atomic E-state index is 6.05. The highest BCUT2D eigenvalue weighted by molar-refractivity contribution is 4.96. The summed E-state index contributed by atoms with van der Waals surface area (Å²) in [7, 11) is 0. The van der Waals surface area contributed by atoms with Crippen LogP contribution < -0.4 is 0 Å². The van der Waals surface area contributed by atoms with Crippen molar-refractivity contribution in [2.75, 3.05) is 13.2 Å². The average Bonchev–Trinajstić information content (AvgIpc) is 2.75. The second kappa shape index (κ2) is 3.99. The fourth-order valence-electron chi connectivity index (χ4n) is 4.03. The van der Waals surface area contributed by atoms with Crippen LogP contribution in [0.1, 0.15) is 46.0 Å². The molecule has 0 aromatic heterocycles. The molecule has 4 atom stereocenters. The van der Waals surface area contributed by atoms with Crippen LogP contribution in [0.15, 0.2) is 0 Å². The van der Waals surface area contributed by atoms with Crippen molar-refractivity contribution >= 4 is 0 Å². The minimum atomic E-state index is 0.306. The fraction of sp³-hybridized carbons (Fsp3) is 1.00. The Kier molecular flexibility index (Phi) is 2.75. The van der Waals surface area contributed by atoms with Crippen LogP contribution in [0.4, 0.5) is 0 Å². The van der Waals surface area contributed by atoms with Gasteiger partial charge in [-0.3, -0.25) is 0 Å². The molecular formula is C14H24O2. The van der Waals surface area contributed by atoms with Gasteiger partial charge in [0.05, 0.1) is 12.2 Å². The highest BCUT2D eigenvalue weighted by Crippen LogP contribution is 2.48. The van der Waals surface area contributed by atoms with Gasteiger partial charge in [0.15, 0.2) is 0 Å². The van der Waals surface area contributed by atoms with E-state index in [0.717, 1.165) is 19.1 Å². The quantitative estimate of drug-likeness (QED) is 0.629. The molecule has 2 bridgehead atoms. The summed E-state index contributed by atoms with van der Waals surface area (Å²) in [5.41, 5.74) is 0.306. The molecule has 0 aromatic rings. The SMILES string of the molecule is CC1(C)C2CC(CC[C@H]3OCCCC31)CO2. The first-order chi connectivity index (χ1) is 7.68. The maximum Gasteiger partial charge on any atom is 0.0633 e. The van der Waals surface area contributed by atoms with Gasteiger partial charge in [-0.2, -0.15) is 0 Å². The lowest BCUT2D eigenvalue weighted by Crippen LogP contribution is -2.46. The van der Waals surface area contributed by atoms with Gasteiger partial charge in [0, 0.05) is 13.2 Å². The monoisotopic (exact) mass is 224 g/mol. The summed E-state index contributed by atoms with van der Waals surface area (Å²) in [5.74, 6) is 1.51. The van der Waals surface area contributed by atoms with E-state index in [9.17, 15) is 0 Å². The van der Waals surface area contributed by atoms with Crippen molar-refractivity contribution in [2.45, 2.75) is 58.2 Å². The standard InChI is InChI=1S/C14H24O2/c1-14(2)11-4-3-7-15-12(11)6-5-10-8-13(14)16-9-10/h10-13H,3-9H2,1-2H3/t10?,11?,12-,13?/m1/s1. The van der Waals surface area contributed by atoms with E-state index in [2.05, 4.69) is 13.8 Å². The Morgan fingerprint density at radius 2 is 1.94 bits per heavy atom. The molecule has 0 amide bonds. The van der Waals surface area contributed by atoms with Crippen molar-refractivity contribution in [3.05, 3.63) is 0 Å². The van der Waals surface area contributed by atoms with Gasteiger partial charge in [-0.15, -0.1) is 0 Å². The first-order valence-electron chi connectivity index (χ1n) is 6.91. The second-order valence-electron chi connectivity index (χ2n) is 6.48. The van der Waals surface area contributed by atoms with Gasteiger partial charge < -0.3 is 9.47 Å². The van der Waals surface area contributed by atoms with E-state index in [1.165, 1.54) is 32.1 Å². The lowest BCUT2D eigenvalue weighted by Gasteiger charge is -2.46. The third-order valence-corrected chi connectivity index (χ3v) is 5.17. The average molecular weight is 224 g/mol. The summed E-state index contributed by atoms with van der Waals surface area (Å²) in [6, 6.07) is 0. The molecule has 3 rings (SSSR count). The molecule has 16 heavy (non-hydrogen) atoms. The van der Waals surface area contributed by atoms with Crippen LogP contribution in [0.3, 0.4) is 0 Å². The summed E-state index contributed by atoms with van der Waals surface area (Å²) in [6.45, 7) is 6.77. The molecule has 2 heterocycles. The molecule has 3 fully saturated rings. The molecule has 0 spiro atoms. The molecule has 2 heteroatoms. The topological polar surface area (TPSA) is 18.5 Å². The van der Waals surface area contributed by atoms with E-state index in [4.69, 9.17) is 9.47 Å². The molecule has 3 unspecified atom stereocenters. The predicted octanol–water partition coefficient (Wildman–Crippen LogP) is 3.01. The molecule has 0 aromatic carbocycles. The normalized spacial score (nSPS) is 46.9. The van der Waals surface area contributed by atoms with E-state index in [-0.39, 0.29) is 0 Å². The van der Waals surface area contributed by atoms with E-state index in [1.807, 2.05) is 0 Å². The first kappa shape index (κ1) is 11.0. The fourth-order valence-corrected chi connectivity index (χ4v) is 4.03. The predicted molar refractivity (Wildman–Crippen MR) is 63.3 cm³/mol. The Labute approximate surface area is 98.7 Å². The van der Waals surface area contributed by atoms with E-state index in [1.54, 1.807) is 0 Å². The van der Waals surface area contributed by atoms with Crippen LogP contribution in [0, 0.1) is 17.3 Å². The zero-order valence-electron chi connectivity index (χ0n) is 10.6. The largest absolute Gasteiger partial charge is 0.378 e. The third kappa shape index (κ3) is 1.70. The van der Waals surface area contributed by atoms with Crippen LogP contribution in [-0.2, 0) is 9.47 Å². The summed E-state index contributed by atoms with van der Waals surface area (Å²) in [6.07, 6.45) is 7.42.